The van der Waals surface area contributed by atoms with Gasteiger partial charge >= 0.3 is 0 Å². The molecule has 0 bridgehead atoms. The van der Waals surface area contributed by atoms with Gasteiger partial charge in [-0.05, 0) is 57.5 Å². The van der Waals surface area contributed by atoms with Crippen LogP contribution in [-0.2, 0) is 11.3 Å². The van der Waals surface area contributed by atoms with Crippen LogP contribution >= 0.6 is 12.4 Å². The van der Waals surface area contributed by atoms with Gasteiger partial charge in [0.2, 0.25) is 5.91 Å². The van der Waals surface area contributed by atoms with E-state index in [9.17, 15) is 13.6 Å². The lowest BCUT2D eigenvalue weighted by Crippen LogP contribution is -2.43. The first-order chi connectivity index (χ1) is 13.3. The van der Waals surface area contributed by atoms with Gasteiger partial charge in [-0.15, -0.1) is 12.4 Å². The standard InChI is InChI=1S/C22H30F2N2O2.ClH/c1-22(5-6-22)21(27)25(2)13-15-9-16(10-15)28-17-11-19(23)18(20(24)12-17)14-26-7-3-4-8-26;/h11-12,15-16H,3-10,13-14H2,1-2H3;1H. The molecule has 0 spiro atoms. The third kappa shape index (κ3) is 5.02. The molecule has 4 rings (SSSR count). The van der Waals surface area contributed by atoms with E-state index in [0.29, 0.717) is 12.5 Å². The molecule has 1 saturated heterocycles. The Morgan fingerprint density at radius 2 is 1.79 bits per heavy atom. The Hall–Kier alpha value is -1.40. The lowest BCUT2D eigenvalue weighted by atomic mass is 9.81. The van der Waals surface area contributed by atoms with E-state index in [1.165, 1.54) is 12.1 Å². The first-order valence-electron chi connectivity index (χ1n) is 10.5. The Morgan fingerprint density at radius 1 is 1.21 bits per heavy atom. The summed E-state index contributed by atoms with van der Waals surface area (Å²) < 4.78 is 34.6. The van der Waals surface area contributed by atoms with Crippen molar-refractivity contribution in [3.05, 3.63) is 29.3 Å². The molecule has 1 heterocycles. The summed E-state index contributed by atoms with van der Waals surface area (Å²) >= 11 is 0. The molecule has 29 heavy (non-hydrogen) atoms. The van der Waals surface area contributed by atoms with Crippen molar-refractivity contribution in [2.75, 3.05) is 26.7 Å². The molecule has 162 valence electrons. The molecule has 0 N–H and O–H groups in total. The third-order valence-electron chi connectivity index (χ3n) is 6.59. The number of hydrogen-bond donors (Lipinski definition) is 0. The van der Waals surface area contributed by atoms with Crippen molar-refractivity contribution in [3.63, 3.8) is 0 Å². The highest BCUT2D eigenvalue weighted by Crippen LogP contribution is 2.46. The van der Waals surface area contributed by atoms with Crippen molar-refractivity contribution < 1.29 is 18.3 Å². The zero-order chi connectivity index (χ0) is 19.9. The smallest absolute Gasteiger partial charge is 0.228 e. The predicted octanol–water partition coefficient (Wildman–Crippen LogP) is 4.40. The Kier molecular flexibility index (Phi) is 6.74. The molecule has 2 saturated carbocycles. The summed E-state index contributed by atoms with van der Waals surface area (Å²) in [7, 11) is 1.87. The van der Waals surface area contributed by atoms with Gasteiger partial charge in [0.1, 0.15) is 17.4 Å². The number of likely N-dealkylation sites (tertiary alicyclic amines) is 1. The van der Waals surface area contributed by atoms with Gasteiger partial charge in [0, 0.05) is 43.2 Å². The molecule has 0 atom stereocenters. The van der Waals surface area contributed by atoms with Gasteiger partial charge in [0.05, 0.1) is 6.10 Å². The largest absolute Gasteiger partial charge is 0.490 e. The molecule has 2 aliphatic carbocycles. The van der Waals surface area contributed by atoms with Crippen LogP contribution < -0.4 is 4.74 Å². The van der Waals surface area contributed by atoms with Crippen molar-refractivity contribution in [1.82, 2.24) is 9.80 Å². The monoisotopic (exact) mass is 428 g/mol. The first kappa shape index (κ1) is 22.3. The van der Waals surface area contributed by atoms with Gasteiger partial charge < -0.3 is 9.64 Å². The number of amides is 1. The van der Waals surface area contributed by atoms with Crippen LogP contribution in [-0.4, -0.2) is 48.5 Å². The van der Waals surface area contributed by atoms with Gasteiger partial charge in [-0.25, -0.2) is 8.78 Å². The second-order valence-corrected chi connectivity index (χ2v) is 9.17. The number of rotatable bonds is 7. The van der Waals surface area contributed by atoms with E-state index in [1.807, 2.05) is 18.9 Å². The van der Waals surface area contributed by atoms with E-state index < -0.39 is 11.6 Å². The lowest BCUT2D eigenvalue weighted by molar-refractivity contribution is -0.136. The predicted molar refractivity (Wildman–Crippen MR) is 110 cm³/mol. The summed E-state index contributed by atoms with van der Waals surface area (Å²) in [4.78, 5) is 16.2. The topological polar surface area (TPSA) is 32.8 Å². The van der Waals surface area contributed by atoms with Crippen LogP contribution in [0.1, 0.15) is 51.0 Å². The highest BCUT2D eigenvalue weighted by atomic mass is 35.5. The van der Waals surface area contributed by atoms with Crippen molar-refractivity contribution >= 4 is 18.3 Å². The number of benzene rings is 1. The fraction of sp³-hybridized carbons (Fsp3) is 0.682. The molecule has 7 heteroatoms. The Bertz CT molecular complexity index is 721. The molecule has 0 aromatic heterocycles. The average Bonchev–Trinajstić information content (AvgIpc) is 3.15. The van der Waals surface area contributed by atoms with Gasteiger partial charge in [0.15, 0.2) is 0 Å². The SMILES string of the molecule is CN(CC1CC(Oc2cc(F)c(CN3CCCC3)c(F)c2)C1)C(=O)C1(C)CC1.Cl. The highest BCUT2D eigenvalue weighted by Gasteiger charge is 2.47. The maximum Gasteiger partial charge on any atom is 0.228 e. The normalized spacial score (nSPS) is 25.1. The number of nitrogens with zero attached hydrogens (tertiary/aromatic N) is 2. The average molecular weight is 429 g/mol. The number of hydrogen-bond acceptors (Lipinski definition) is 3. The maximum atomic E-state index is 14.4. The molecule has 4 nitrogen and oxygen atoms in total. The molecular weight excluding hydrogens is 398 g/mol. The van der Waals surface area contributed by atoms with Crippen LogP contribution in [0.3, 0.4) is 0 Å². The zero-order valence-electron chi connectivity index (χ0n) is 17.3. The molecule has 1 aromatic rings. The fourth-order valence-corrected chi connectivity index (χ4v) is 4.41. The number of ether oxygens (including phenoxy) is 1. The Balaban J connectivity index is 0.00000240. The minimum atomic E-state index is -0.527. The number of carbonyl (C=O) groups is 1. The quantitative estimate of drug-likeness (QED) is 0.645. The van der Waals surface area contributed by atoms with E-state index in [-0.39, 0.29) is 41.1 Å². The van der Waals surface area contributed by atoms with E-state index in [2.05, 4.69) is 4.90 Å². The molecule has 0 radical (unpaired) electrons. The highest BCUT2D eigenvalue weighted by molar-refractivity contribution is 5.85. The van der Waals surface area contributed by atoms with Gasteiger partial charge in [-0.2, -0.15) is 0 Å². The Labute approximate surface area is 178 Å². The van der Waals surface area contributed by atoms with E-state index in [1.54, 1.807) is 0 Å². The van der Waals surface area contributed by atoms with Crippen LogP contribution in [0.25, 0.3) is 0 Å². The van der Waals surface area contributed by atoms with E-state index >= 15 is 0 Å². The zero-order valence-corrected chi connectivity index (χ0v) is 18.1. The molecule has 3 aliphatic rings. The molecule has 1 amide bonds. The first-order valence-corrected chi connectivity index (χ1v) is 10.5. The second-order valence-electron chi connectivity index (χ2n) is 9.17. The molecule has 3 fully saturated rings. The van der Waals surface area contributed by atoms with Crippen molar-refractivity contribution in [2.24, 2.45) is 11.3 Å². The van der Waals surface area contributed by atoms with Crippen molar-refractivity contribution in [1.29, 1.82) is 0 Å². The fourth-order valence-electron chi connectivity index (χ4n) is 4.41. The summed E-state index contributed by atoms with van der Waals surface area (Å²) in [5.74, 6) is -0.167. The minimum absolute atomic E-state index is 0. The summed E-state index contributed by atoms with van der Waals surface area (Å²) in [6.45, 7) is 4.87. The van der Waals surface area contributed by atoms with Crippen LogP contribution in [0.15, 0.2) is 12.1 Å². The van der Waals surface area contributed by atoms with Crippen LogP contribution in [0.4, 0.5) is 8.78 Å². The van der Waals surface area contributed by atoms with Crippen LogP contribution in [0, 0.1) is 23.0 Å². The van der Waals surface area contributed by atoms with Gasteiger partial charge in [0.25, 0.3) is 0 Å². The van der Waals surface area contributed by atoms with Gasteiger partial charge in [-0.1, -0.05) is 6.92 Å². The summed E-state index contributed by atoms with van der Waals surface area (Å²) in [6, 6.07) is 2.62. The molecule has 1 aliphatic heterocycles. The van der Waals surface area contributed by atoms with Crippen LogP contribution in [0.5, 0.6) is 5.75 Å². The van der Waals surface area contributed by atoms with Crippen molar-refractivity contribution in [2.45, 2.75) is 58.1 Å². The summed E-state index contributed by atoms with van der Waals surface area (Å²) in [5.41, 5.74) is -0.00488. The summed E-state index contributed by atoms with van der Waals surface area (Å²) in [5, 5.41) is 0. The Morgan fingerprint density at radius 3 is 2.34 bits per heavy atom. The molecular formula is C22H31ClF2N2O2. The lowest BCUT2D eigenvalue weighted by Gasteiger charge is -2.38. The van der Waals surface area contributed by atoms with E-state index in [4.69, 9.17) is 4.74 Å². The van der Waals surface area contributed by atoms with Gasteiger partial charge in [-0.3, -0.25) is 9.69 Å². The molecule has 0 unspecified atom stereocenters. The third-order valence-corrected chi connectivity index (χ3v) is 6.59. The van der Waals surface area contributed by atoms with Crippen LogP contribution in [0.2, 0.25) is 0 Å². The molecule has 1 aromatic carbocycles. The van der Waals surface area contributed by atoms with E-state index in [0.717, 1.165) is 58.2 Å². The number of carbonyl (C=O) groups excluding carboxylic acids is 1. The van der Waals surface area contributed by atoms with Crippen molar-refractivity contribution in [3.8, 4) is 5.75 Å². The second kappa shape index (κ2) is 8.76. The minimum Gasteiger partial charge on any atom is -0.490 e. The summed E-state index contributed by atoms with van der Waals surface area (Å²) in [6.07, 6.45) is 5.74. The number of halogens is 3. The maximum absolute atomic E-state index is 14.4.